The number of amides is 9. The van der Waals surface area contributed by atoms with Gasteiger partial charge in [-0.05, 0) is 159 Å². The first kappa shape index (κ1) is 76.9. The zero-order valence-electron chi connectivity index (χ0n) is 60.9. The van der Waals surface area contributed by atoms with Crippen molar-refractivity contribution in [3.05, 3.63) is 131 Å². The molecule has 9 N–H and O–H groups in total. The maximum Gasteiger partial charge on any atom is 0.410 e. The van der Waals surface area contributed by atoms with Crippen LogP contribution >= 0.6 is 11.3 Å². The van der Waals surface area contributed by atoms with Gasteiger partial charge in [0.25, 0.3) is 27.8 Å². The first-order chi connectivity index (χ1) is 50.9. The van der Waals surface area contributed by atoms with Crippen molar-refractivity contribution in [2.45, 2.75) is 162 Å². The normalized spacial score (nSPS) is 21.5. The fraction of sp³-hybridized carbons (Fsp3) is 0.500. The van der Waals surface area contributed by atoms with Gasteiger partial charge in [-0.3, -0.25) is 53.1 Å². The summed E-state index contributed by atoms with van der Waals surface area (Å²) in [4.78, 5) is 132. The van der Waals surface area contributed by atoms with Gasteiger partial charge in [-0.15, -0.1) is 0 Å². The molecule has 0 spiro atoms. The van der Waals surface area contributed by atoms with E-state index in [1.165, 1.54) is 28.4 Å². The van der Waals surface area contributed by atoms with Crippen LogP contribution in [0.4, 0.5) is 26.2 Å². The molecule has 6 heterocycles. The van der Waals surface area contributed by atoms with Crippen molar-refractivity contribution in [3.8, 4) is 11.1 Å². The predicted octanol–water partition coefficient (Wildman–Crippen LogP) is 8.22. The van der Waals surface area contributed by atoms with Gasteiger partial charge in [0.05, 0.1) is 34.4 Å². The summed E-state index contributed by atoms with van der Waals surface area (Å²) >= 11 is 1.40. The molecule has 5 fully saturated rings. The van der Waals surface area contributed by atoms with Crippen LogP contribution in [-0.4, -0.2) is 188 Å². The highest BCUT2D eigenvalue weighted by molar-refractivity contribution is 7.85. The van der Waals surface area contributed by atoms with Gasteiger partial charge in [-0.25, -0.2) is 24.4 Å². The van der Waals surface area contributed by atoms with E-state index < -0.39 is 63.5 Å². The lowest BCUT2D eigenvalue weighted by molar-refractivity contribution is -0.249. The number of primary amides is 1. The molecule has 4 saturated carbocycles. The molecule has 3 aromatic heterocycles. The minimum absolute atomic E-state index is 0.00217. The van der Waals surface area contributed by atoms with E-state index in [9.17, 15) is 61.2 Å². The van der Waals surface area contributed by atoms with Crippen LogP contribution in [0.25, 0.3) is 21.3 Å². The number of rotatable bonds is 33. The topological polar surface area (TPSA) is 389 Å². The number of aromatic nitrogens is 4. The zero-order valence-corrected chi connectivity index (χ0v) is 62.5. The van der Waals surface area contributed by atoms with Gasteiger partial charge in [0.1, 0.15) is 24.5 Å². The minimum Gasteiger partial charge on any atom is -0.476 e. The summed E-state index contributed by atoms with van der Waals surface area (Å²) in [5, 5.41) is 30.1. The van der Waals surface area contributed by atoms with Crippen molar-refractivity contribution >= 4 is 102 Å². The molecule has 4 aliphatic carbocycles. The Morgan fingerprint density at radius 2 is 1.55 bits per heavy atom. The number of hydrogen-bond acceptors (Lipinski definition) is 19. The second-order valence-electron chi connectivity index (χ2n) is 30.8. The van der Waals surface area contributed by atoms with Crippen molar-refractivity contribution < 1.29 is 70.7 Å². The quantitative estimate of drug-likeness (QED) is 0.0109. The maximum absolute atomic E-state index is 13.8. The number of anilines is 3. The Labute approximate surface area is 624 Å². The van der Waals surface area contributed by atoms with Crippen LogP contribution in [-0.2, 0) is 69.7 Å². The number of thiazole rings is 1. The van der Waals surface area contributed by atoms with Gasteiger partial charge < -0.3 is 51.4 Å². The van der Waals surface area contributed by atoms with Crippen LogP contribution in [0, 0.1) is 29.1 Å². The monoisotopic (exact) mass is 1510 g/mol. The standard InChI is InChI=1S/C76H94N14O15S2/c1-47(2)64(84-61(91)18-7-6-10-29-89-62(92)25-26-63(89)93)68(96)81-58(16-12-28-78-70(77)99)67(95)80-51-21-19-49(20-22-51)39-104-72(100)88-36-52(37-88)86(32-34-107(101,102)103)31-33-105-76-43-73(4)40-74(5,44-76)42-75(41-73,45-76)46-90-48(3)55(35-79-90)53-23-24-60(83-65(53)69(97)98)87-30-27-50-13-11-14-54(56(50)38-87)66(94)85-71-82-57-15-8-9-17-59(57)106-71/h8-9,11,13-15,17,19-26,35,47,52,58,64H,6-7,10,12,16,18,27-34,36-46H2,1-5H3,(H,80,95)(H,81,96)(H,84,91)(H,97,98)(H3,77,78,99)(H,82,85,94)(H,101,102,103)/t58-,64-,73?,74?,75?,76?/m0/s1. The van der Waals surface area contributed by atoms with Crippen molar-refractivity contribution in [2.75, 3.05) is 73.7 Å². The number of carboxylic acid groups (broad SMARTS) is 1. The number of imide groups is 1. The van der Waals surface area contributed by atoms with E-state index in [2.05, 4.69) is 45.4 Å². The predicted molar refractivity (Wildman–Crippen MR) is 399 cm³/mol. The summed E-state index contributed by atoms with van der Waals surface area (Å²) in [5.74, 6) is -4.14. The Balaban J connectivity index is 0.629. The number of carbonyl (C=O) groups is 9. The second-order valence-corrected chi connectivity index (χ2v) is 33.4. The number of carbonyl (C=O) groups excluding carboxylic acids is 8. The Kier molecular flexibility index (Phi) is 23.0. The van der Waals surface area contributed by atoms with Crippen LogP contribution < -0.4 is 37.2 Å². The Hall–Kier alpha value is -9.69. The number of aromatic carboxylic acids is 1. The van der Waals surface area contributed by atoms with Crippen LogP contribution in [0.15, 0.2) is 97.2 Å². The number of nitrogens with two attached hydrogens (primary N) is 1. The maximum atomic E-state index is 13.8. The smallest absolute Gasteiger partial charge is 0.410 e. The SMILES string of the molecule is Cc1c(-c2ccc(N3CCc4cccc(C(=O)Nc5nc6ccccc6s5)c4C3)nc2C(=O)O)cnn1CC12CC3(C)CC(C)(C1)CC(OCCN(CCS(=O)(=O)O)C1CN(C(=O)OCc4ccc(NC(=O)[C@H](CCCNC(N)=O)NC(=O)[C@@H](NC(=O)CCCCCN5C(=O)C=CC5=O)C(C)C)cc4)C1)(C3)C2. The number of pyridine rings is 1. The summed E-state index contributed by atoms with van der Waals surface area (Å²) in [6, 6.07) is 20.5. The van der Waals surface area contributed by atoms with Gasteiger partial charge in [0, 0.05) is 112 Å². The number of nitrogens with zero attached hydrogens (tertiary/aromatic N) is 8. The molecular formula is C76H94N14O15S2. The molecule has 1 saturated heterocycles. The summed E-state index contributed by atoms with van der Waals surface area (Å²) in [7, 11) is -4.35. The minimum atomic E-state index is -4.35. The Bertz CT molecular complexity index is 4490. The van der Waals surface area contributed by atoms with Gasteiger partial charge in [0.2, 0.25) is 17.7 Å². The first-order valence-corrected chi connectivity index (χ1v) is 39.0. The highest BCUT2D eigenvalue weighted by Crippen LogP contribution is 2.72. The summed E-state index contributed by atoms with van der Waals surface area (Å²) in [6.07, 6.45) is 11.5. The van der Waals surface area contributed by atoms with Crippen LogP contribution in [0.5, 0.6) is 0 Å². The summed E-state index contributed by atoms with van der Waals surface area (Å²) in [6.45, 7) is 13.0. The van der Waals surface area contributed by atoms with Gasteiger partial charge in [-0.1, -0.05) is 81.9 Å². The molecule has 13 rings (SSSR count). The fourth-order valence-corrected chi connectivity index (χ4v) is 19.0. The number of fused-ring (bicyclic) bond motifs is 2. The average Bonchev–Trinajstić information content (AvgIpc) is 1.03. The number of para-hydroxylation sites is 1. The number of urea groups is 1. The van der Waals surface area contributed by atoms with Crippen molar-refractivity contribution in [3.63, 3.8) is 0 Å². The molecule has 31 heteroatoms. The molecule has 2 unspecified atom stereocenters. The van der Waals surface area contributed by atoms with Crippen LogP contribution in [0.1, 0.15) is 148 Å². The summed E-state index contributed by atoms with van der Waals surface area (Å²) < 4.78 is 50.1. The number of benzene rings is 3. The van der Waals surface area contributed by atoms with Crippen molar-refractivity contribution in [1.29, 1.82) is 0 Å². The molecule has 4 bridgehead atoms. The molecule has 4 atom stereocenters. The number of unbranched alkanes of at least 4 members (excludes halogenated alkanes) is 2. The number of nitrogens with one attached hydrogen (secondary N) is 5. The largest absolute Gasteiger partial charge is 0.476 e. The second kappa shape index (κ2) is 32.0. The molecule has 3 aliphatic heterocycles. The molecule has 7 aliphatic rings. The Morgan fingerprint density at radius 1 is 0.813 bits per heavy atom. The zero-order chi connectivity index (χ0) is 76.2. The van der Waals surface area contributed by atoms with E-state index in [1.54, 1.807) is 56.4 Å². The third kappa shape index (κ3) is 18.5. The number of ether oxygens (including phenoxy) is 2. The van der Waals surface area contributed by atoms with Crippen LogP contribution in [0.2, 0.25) is 0 Å². The van der Waals surface area contributed by atoms with E-state index in [0.29, 0.717) is 90.8 Å². The molecule has 29 nitrogen and oxygen atoms in total. The number of hydrogen-bond donors (Lipinski definition) is 8. The van der Waals surface area contributed by atoms with E-state index in [0.717, 1.165) is 70.5 Å². The van der Waals surface area contributed by atoms with Gasteiger partial charge in [-0.2, -0.15) is 13.5 Å². The van der Waals surface area contributed by atoms with Gasteiger partial charge in [0.15, 0.2) is 10.8 Å². The van der Waals surface area contributed by atoms with Crippen molar-refractivity contribution in [1.82, 2.24) is 50.4 Å². The molecule has 107 heavy (non-hydrogen) atoms. The molecule has 6 aromatic rings. The average molecular weight is 1510 g/mol. The lowest BCUT2D eigenvalue weighted by Crippen LogP contribution is -2.65. The molecule has 570 valence electrons. The summed E-state index contributed by atoms with van der Waals surface area (Å²) in [5.41, 5.74) is 10.4. The first-order valence-electron chi connectivity index (χ1n) is 36.5. The molecule has 3 aromatic carbocycles. The third-order valence-electron chi connectivity index (χ3n) is 21.7. The highest BCUT2D eigenvalue weighted by atomic mass is 32.2. The van der Waals surface area contributed by atoms with E-state index >= 15 is 0 Å². The van der Waals surface area contributed by atoms with Crippen LogP contribution in [0.3, 0.4) is 0 Å². The number of likely N-dealkylation sites (tertiary alicyclic amines) is 1. The van der Waals surface area contributed by atoms with E-state index in [1.807, 2.05) is 63.9 Å². The molecule has 0 radical (unpaired) electrons. The van der Waals surface area contributed by atoms with E-state index in [-0.39, 0.29) is 123 Å². The lowest BCUT2D eigenvalue weighted by Gasteiger charge is -2.69. The third-order valence-corrected chi connectivity index (χ3v) is 23.3. The number of carboxylic acids is 1. The highest BCUT2D eigenvalue weighted by Gasteiger charge is 2.66. The molecule has 9 amide bonds. The van der Waals surface area contributed by atoms with Crippen molar-refractivity contribution in [2.24, 2.45) is 27.9 Å². The van der Waals surface area contributed by atoms with Gasteiger partial charge >= 0.3 is 18.1 Å². The molecular weight excluding hydrogens is 1410 g/mol. The lowest BCUT2D eigenvalue weighted by atomic mass is 9.39. The fourth-order valence-electron chi connectivity index (χ4n) is 17.7. The van der Waals surface area contributed by atoms with E-state index in [4.69, 9.17) is 25.3 Å². The Morgan fingerprint density at radius 3 is 2.25 bits per heavy atom.